The number of benzene rings is 2. The van der Waals surface area contributed by atoms with Gasteiger partial charge in [0.1, 0.15) is 18.3 Å². The Kier molecular flexibility index (Phi) is 7.14. The number of unbranched alkanes of at least 4 members (excludes halogenated alkanes) is 1. The van der Waals surface area contributed by atoms with Crippen LogP contribution >= 0.6 is 0 Å². The second-order valence-electron chi connectivity index (χ2n) is 8.50. The van der Waals surface area contributed by atoms with Crippen LogP contribution in [0, 0.1) is 0 Å². The van der Waals surface area contributed by atoms with Crippen molar-refractivity contribution in [1.29, 1.82) is 0 Å². The highest BCUT2D eigenvalue weighted by Gasteiger charge is 2.29. The van der Waals surface area contributed by atoms with E-state index in [2.05, 4.69) is 27.9 Å². The van der Waals surface area contributed by atoms with E-state index in [-0.39, 0.29) is 24.0 Å². The second-order valence-corrected chi connectivity index (χ2v) is 8.50. The highest BCUT2D eigenvalue weighted by molar-refractivity contribution is 5.96. The van der Waals surface area contributed by atoms with Crippen molar-refractivity contribution in [3.05, 3.63) is 71.4 Å². The minimum absolute atomic E-state index is 0.0747. The van der Waals surface area contributed by atoms with Gasteiger partial charge in [0.15, 0.2) is 5.82 Å². The molecule has 4 rings (SSSR count). The van der Waals surface area contributed by atoms with Gasteiger partial charge in [-0.25, -0.2) is 9.59 Å². The topological polar surface area (TPSA) is 123 Å². The zero-order valence-electron chi connectivity index (χ0n) is 19.7. The molecule has 9 nitrogen and oxygen atoms in total. The van der Waals surface area contributed by atoms with Gasteiger partial charge in [0.25, 0.3) is 5.91 Å². The van der Waals surface area contributed by atoms with Gasteiger partial charge in [-0.2, -0.15) is 5.10 Å². The third-order valence-electron chi connectivity index (χ3n) is 6.14. The molecule has 3 aromatic rings. The number of amides is 2. The van der Waals surface area contributed by atoms with Crippen LogP contribution in [0.1, 0.15) is 53.7 Å². The molecular weight excluding hydrogens is 448 g/mol. The third kappa shape index (κ3) is 5.18. The van der Waals surface area contributed by atoms with Gasteiger partial charge in [-0.1, -0.05) is 68.3 Å². The van der Waals surface area contributed by atoms with E-state index in [1.165, 1.54) is 10.7 Å². The summed E-state index contributed by atoms with van der Waals surface area (Å²) in [4.78, 5) is 36.5. The molecule has 0 radical (unpaired) electrons. The van der Waals surface area contributed by atoms with Gasteiger partial charge >= 0.3 is 12.1 Å². The zero-order chi connectivity index (χ0) is 24.9. The lowest BCUT2D eigenvalue weighted by atomic mass is 9.98. The van der Waals surface area contributed by atoms with Crippen molar-refractivity contribution < 1.29 is 24.2 Å². The van der Waals surface area contributed by atoms with E-state index in [4.69, 9.17) is 4.74 Å². The molecule has 0 saturated heterocycles. The second kappa shape index (κ2) is 10.4. The zero-order valence-corrected chi connectivity index (χ0v) is 19.7. The van der Waals surface area contributed by atoms with Gasteiger partial charge in [0, 0.05) is 19.0 Å². The first kappa shape index (κ1) is 24.0. The van der Waals surface area contributed by atoms with Crippen molar-refractivity contribution in [2.75, 3.05) is 11.9 Å². The van der Waals surface area contributed by atoms with E-state index >= 15 is 0 Å². The molecule has 2 amide bonds. The van der Waals surface area contributed by atoms with Crippen LogP contribution in [0.2, 0.25) is 0 Å². The van der Waals surface area contributed by atoms with E-state index in [1.54, 1.807) is 7.05 Å². The van der Waals surface area contributed by atoms with Crippen molar-refractivity contribution >= 4 is 23.8 Å². The number of aromatic nitrogens is 2. The number of fused-ring (bicyclic) bond motifs is 3. The Bertz CT molecular complexity index is 1210. The summed E-state index contributed by atoms with van der Waals surface area (Å²) < 4.78 is 6.80. The molecule has 3 N–H and O–H groups in total. The largest absolute Gasteiger partial charge is 0.480 e. The molecule has 0 aliphatic heterocycles. The summed E-state index contributed by atoms with van der Waals surface area (Å²) in [6.07, 6.45) is 1.14. The SMILES string of the molecule is CCCC[C@H](NC(=O)c1cc(NC(=O)OCC2c3ccccc3-c3ccccc32)nn1C)C(=O)O. The van der Waals surface area contributed by atoms with Gasteiger partial charge in [0.2, 0.25) is 0 Å². The Labute approximate surface area is 203 Å². The summed E-state index contributed by atoms with van der Waals surface area (Å²) in [6, 6.07) is 16.5. The van der Waals surface area contributed by atoms with Crippen molar-refractivity contribution in [1.82, 2.24) is 15.1 Å². The number of aryl methyl sites for hydroxylation is 1. The van der Waals surface area contributed by atoms with Crippen LogP contribution in [0.3, 0.4) is 0 Å². The lowest BCUT2D eigenvalue weighted by Crippen LogP contribution is -2.41. The highest BCUT2D eigenvalue weighted by Crippen LogP contribution is 2.44. The number of aliphatic carboxylic acids is 1. The lowest BCUT2D eigenvalue weighted by molar-refractivity contribution is -0.139. The maximum Gasteiger partial charge on any atom is 0.412 e. The monoisotopic (exact) mass is 476 g/mol. The molecule has 0 saturated carbocycles. The standard InChI is InChI=1S/C26H28N4O5/c1-3-4-13-21(25(32)33)27-24(31)22-14-23(29-30(22)2)28-26(34)35-15-20-18-11-7-5-9-16(18)17-10-6-8-12-19(17)20/h5-12,14,20-21H,3-4,13,15H2,1-2H3,(H,27,31)(H,32,33)(H,28,29,34)/t21-/m0/s1. The number of carboxylic acids is 1. The van der Waals surface area contributed by atoms with Gasteiger partial charge in [0.05, 0.1) is 0 Å². The fourth-order valence-corrected chi connectivity index (χ4v) is 4.38. The number of hydrogen-bond donors (Lipinski definition) is 3. The van der Waals surface area contributed by atoms with E-state index in [0.717, 1.165) is 28.7 Å². The van der Waals surface area contributed by atoms with E-state index in [9.17, 15) is 19.5 Å². The number of carboxylic acid groups (broad SMARTS) is 1. The Hall–Kier alpha value is -4.14. The van der Waals surface area contributed by atoms with E-state index < -0.39 is 24.0 Å². The minimum Gasteiger partial charge on any atom is -0.480 e. The predicted octanol–water partition coefficient (Wildman–Crippen LogP) is 4.15. The summed E-state index contributed by atoms with van der Waals surface area (Å²) in [5, 5.41) is 18.5. The molecule has 0 bridgehead atoms. The smallest absolute Gasteiger partial charge is 0.412 e. The van der Waals surface area contributed by atoms with Crippen LogP contribution in [0.4, 0.5) is 10.6 Å². The average molecular weight is 477 g/mol. The number of rotatable bonds is 9. The van der Waals surface area contributed by atoms with Crippen LogP contribution in [0.15, 0.2) is 54.6 Å². The van der Waals surface area contributed by atoms with Gasteiger partial charge in [-0.15, -0.1) is 0 Å². The first-order valence-electron chi connectivity index (χ1n) is 11.6. The minimum atomic E-state index is -1.09. The Morgan fingerprint density at radius 3 is 2.31 bits per heavy atom. The lowest BCUT2D eigenvalue weighted by Gasteiger charge is -2.14. The number of ether oxygens (including phenoxy) is 1. The predicted molar refractivity (Wildman–Crippen MR) is 130 cm³/mol. The molecule has 1 aromatic heterocycles. The summed E-state index contributed by atoms with van der Waals surface area (Å²) in [7, 11) is 1.54. The van der Waals surface area contributed by atoms with Crippen molar-refractivity contribution in [2.24, 2.45) is 7.05 Å². The molecule has 1 atom stereocenters. The first-order valence-corrected chi connectivity index (χ1v) is 11.6. The fraction of sp³-hybridized carbons (Fsp3) is 0.308. The number of carbonyl (C=O) groups is 3. The Balaban J connectivity index is 1.39. The summed E-state index contributed by atoms with van der Waals surface area (Å²) in [6.45, 7) is 2.10. The molecule has 0 spiro atoms. The number of nitrogens with one attached hydrogen (secondary N) is 2. The maximum absolute atomic E-state index is 12.6. The molecule has 1 aliphatic rings. The van der Waals surface area contributed by atoms with Gasteiger partial charge in [-0.05, 0) is 28.7 Å². The van der Waals surface area contributed by atoms with Crippen molar-refractivity contribution in [3.8, 4) is 11.1 Å². The Morgan fingerprint density at radius 1 is 1.09 bits per heavy atom. The normalized spacial score (nSPS) is 13.0. The molecule has 1 aliphatic carbocycles. The molecule has 9 heteroatoms. The van der Waals surface area contributed by atoms with Crippen LogP contribution in [-0.2, 0) is 16.6 Å². The molecule has 2 aromatic carbocycles. The number of carbonyl (C=O) groups excluding carboxylic acids is 2. The van der Waals surface area contributed by atoms with Crippen LogP contribution in [0.25, 0.3) is 11.1 Å². The highest BCUT2D eigenvalue weighted by atomic mass is 16.5. The summed E-state index contributed by atoms with van der Waals surface area (Å²) in [5.41, 5.74) is 4.61. The average Bonchev–Trinajstić information content (AvgIpc) is 3.37. The van der Waals surface area contributed by atoms with Gasteiger partial charge < -0.3 is 15.2 Å². The maximum atomic E-state index is 12.6. The molecule has 35 heavy (non-hydrogen) atoms. The molecule has 0 unspecified atom stereocenters. The molecule has 182 valence electrons. The van der Waals surface area contributed by atoms with E-state index in [1.807, 2.05) is 43.3 Å². The van der Waals surface area contributed by atoms with Gasteiger partial charge in [-0.3, -0.25) is 14.8 Å². The molecular formula is C26H28N4O5. The molecule has 1 heterocycles. The van der Waals surface area contributed by atoms with Crippen LogP contribution < -0.4 is 10.6 Å². The van der Waals surface area contributed by atoms with Crippen molar-refractivity contribution in [2.45, 2.75) is 38.1 Å². The number of anilines is 1. The fourth-order valence-electron chi connectivity index (χ4n) is 4.38. The van der Waals surface area contributed by atoms with Crippen LogP contribution in [-0.4, -0.2) is 45.5 Å². The first-order chi connectivity index (χ1) is 16.9. The van der Waals surface area contributed by atoms with Crippen molar-refractivity contribution in [3.63, 3.8) is 0 Å². The summed E-state index contributed by atoms with van der Waals surface area (Å²) >= 11 is 0. The quantitative estimate of drug-likeness (QED) is 0.426. The summed E-state index contributed by atoms with van der Waals surface area (Å²) in [5.74, 6) is -1.61. The number of hydrogen-bond acceptors (Lipinski definition) is 5. The molecule has 0 fully saturated rings. The van der Waals surface area contributed by atoms with Crippen LogP contribution in [0.5, 0.6) is 0 Å². The Morgan fingerprint density at radius 2 is 1.71 bits per heavy atom. The number of nitrogens with zero attached hydrogens (tertiary/aromatic N) is 2. The third-order valence-corrected chi connectivity index (χ3v) is 6.14. The van der Waals surface area contributed by atoms with E-state index in [0.29, 0.717) is 12.8 Å².